The fourth-order valence-corrected chi connectivity index (χ4v) is 4.34. The van der Waals surface area contributed by atoms with Crippen LogP contribution in [0, 0.1) is 6.92 Å². The molecule has 6 nitrogen and oxygen atoms in total. The van der Waals surface area contributed by atoms with Gasteiger partial charge in [-0.15, -0.1) is 0 Å². The number of aryl methyl sites for hydroxylation is 1. The van der Waals surface area contributed by atoms with E-state index in [0.29, 0.717) is 5.92 Å². The van der Waals surface area contributed by atoms with E-state index < -0.39 is 0 Å². The van der Waals surface area contributed by atoms with Crippen LogP contribution in [-0.2, 0) is 6.54 Å². The number of rotatable bonds is 4. The average molecular weight is 376 g/mol. The third kappa shape index (κ3) is 2.94. The molecule has 6 heteroatoms. The molecule has 144 valence electrons. The van der Waals surface area contributed by atoms with E-state index >= 15 is 0 Å². The number of piperidine rings is 1. The second-order valence-electron chi connectivity index (χ2n) is 7.71. The predicted molar refractivity (Wildman–Crippen MR) is 109 cm³/mol. The third-order valence-electron chi connectivity index (χ3n) is 6.03. The molecule has 3 aromatic heterocycles. The SMILES string of the molecule is Cc1ccc2c(=O)n(CCN3CCC(c4noc5ccccc45)CC3)ccn12. The van der Waals surface area contributed by atoms with Crippen LogP contribution in [0.5, 0.6) is 0 Å². The summed E-state index contributed by atoms with van der Waals surface area (Å²) in [7, 11) is 0. The number of para-hydroxylation sites is 1. The molecule has 0 amide bonds. The van der Waals surface area contributed by atoms with E-state index in [1.807, 2.05) is 58.6 Å². The molecule has 1 saturated heterocycles. The summed E-state index contributed by atoms with van der Waals surface area (Å²) in [6.07, 6.45) is 6.02. The van der Waals surface area contributed by atoms with Gasteiger partial charge in [0.1, 0.15) is 5.52 Å². The number of aromatic nitrogens is 3. The lowest BCUT2D eigenvalue weighted by atomic mass is 9.91. The van der Waals surface area contributed by atoms with Gasteiger partial charge in [0.25, 0.3) is 5.56 Å². The monoisotopic (exact) mass is 376 g/mol. The summed E-state index contributed by atoms with van der Waals surface area (Å²) in [5, 5.41) is 5.48. The highest BCUT2D eigenvalue weighted by molar-refractivity contribution is 5.79. The van der Waals surface area contributed by atoms with Gasteiger partial charge in [-0.2, -0.15) is 0 Å². The van der Waals surface area contributed by atoms with Gasteiger partial charge in [-0.3, -0.25) is 4.79 Å². The predicted octanol–water partition coefficient (Wildman–Crippen LogP) is 3.43. The Labute approximate surface area is 163 Å². The second kappa shape index (κ2) is 6.95. The van der Waals surface area contributed by atoms with Crippen molar-refractivity contribution in [1.82, 2.24) is 19.0 Å². The first-order valence-corrected chi connectivity index (χ1v) is 9.94. The highest BCUT2D eigenvalue weighted by atomic mass is 16.5. The highest BCUT2D eigenvalue weighted by Gasteiger charge is 2.24. The lowest BCUT2D eigenvalue weighted by Gasteiger charge is -2.31. The molecule has 0 aliphatic carbocycles. The van der Waals surface area contributed by atoms with Gasteiger partial charge in [-0.05, 0) is 57.1 Å². The summed E-state index contributed by atoms with van der Waals surface area (Å²) in [6, 6.07) is 12.0. The molecular weight excluding hydrogens is 352 g/mol. The van der Waals surface area contributed by atoms with Crippen molar-refractivity contribution in [3.63, 3.8) is 0 Å². The van der Waals surface area contributed by atoms with Gasteiger partial charge in [-0.1, -0.05) is 17.3 Å². The molecule has 5 rings (SSSR count). The smallest absolute Gasteiger partial charge is 0.274 e. The Kier molecular flexibility index (Phi) is 4.28. The highest BCUT2D eigenvalue weighted by Crippen LogP contribution is 2.32. The Morgan fingerprint density at radius 1 is 1.07 bits per heavy atom. The van der Waals surface area contributed by atoms with Crippen LogP contribution < -0.4 is 5.56 Å². The molecule has 4 heterocycles. The fraction of sp³-hybridized carbons (Fsp3) is 0.364. The molecule has 0 bridgehead atoms. The molecule has 0 radical (unpaired) electrons. The largest absolute Gasteiger partial charge is 0.356 e. The first-order valence-electron chi connectivity index (χ1n) is 9.94. The quantitative estimate of drug-likeness (QED) is 0.548. The molecule has 0 unspecified atom stereocenters. The van der Waals surface area contributed by atoms with Crippen molar-refractivity contribution in [3.8, 4) is 0 Å². The molecule has 1 aliphatic rings. The normalized spacial score (nSPS) is 16.3. The van der Waals surface area contributed by atoms with Crippen molar-refractivity contribution in [2.45, 2.75) is 32.2 Å². The Bertz CT molecular complexity index is 1180. The van der Waals surface area contributed by atoms with Crippen LogP contribution in [0.25, 0.3) is 16.5 Å². The van der Waals surface area contributed by atoms with Crippen molar-refractivity contribution in [1.29, 1.82) is 0 Å². The first-order chi connectivity index (χ1) is 13.7. The maximum absolute atomic E-state index is 12.7. The fourth-order valence-electron chi connectivity index (χ4n) is 4.34. The maximum atomic E-state index is 12.7. The molecular formula is C22H24N4O2. The van der Waals surface area contributed by atoms with E-state index in [1.165, 1.54) is 0 Å². The van der Waals surface area contributed by atoms with E-state index in [0.717, 1.165) is 66.9 Å². The zero-order chi connectivity index (χ0) is 19.1. The van der Waals surface area contributed by atoms with Gasteiger partial charge in [0.15, 0.2) is 5.58 Å². The maximum Gasteiger partial charge on any atom is 0.274 e. The minimum absolute atomic E-state index is 0.0829. The number of likely N-dealkylation sites (tertiary alicyclic amines) is 1. The zero-order valence-corrected chi connectivity index (χ0v) is 16.0. The van der Waals surface area contributed by atoms with Crippen molar-refractivity contribution < 1.29 is 4.52 Å². The third-order valence-corrected chi connectivity index (χ3v) is 6.03. The summed E-state index contributed by atoms with van der Waals surface area (Å²) in [4.78, 5) is 15.1. The van der Waals surface area contributed by atoms with E-state index in [1.54, 1.807) is 0 Å². The minimum Gasteiger partial charge on any atom is -0.356 e. The van der Waals surface area contributed by atoms with Gasteiger partial charge in [0, 0.05) is 42.5 Å². The Hall–Kier alpha value is -2.86. The van der Waals surface area contributed by atoms with Crippen LogP contribution in [0.3, 0.4) is 0 Å². The molecule has 0 saturated carbocycles. The van der Waals surface area contributed by atoms with E-state index in [2.05, 4.69) is 16.1 Å². The molecule has 0 atom stereocenters. The lowest BCUT2D eigenvalue weighted by Crippen LogP contribution is -2.37. The topological polar surface area (TPSA) is 55.7 Å². The number of benzene rings is 1. The van der Waals surface area contributed by atoms with Crippen molar-refractivity contribution in [2.75, 3.05) is 19.6 Å². The van der Waals surface area contributed by atoms with Crippen LogP contribution in [-0.4, -0.2) is 38.7 Å². The molecule has 0 N–H and O–H groups in total. The van der Waals surface area contributed by atoms with Crippen molar-refractivity contribution in [3.05, 3.63) is 70.5 Å². The van der Waals surface area contributed by atoms with Gasteiger partial charge in [-0.25, -0.2) is 0 Å². The standard InChI is InChI=1S/C22H24N4O2/c1-16-6-7-19-22(27)25(14-15-26(16)19)13-12-24-10-8-17(9-11-24)21-18-4-2-3-5-20(18)28-23-21/h2-7,14-15,17H,8-13H2,1H3. The molecule has 4 aromatic rings. The van der Waals surface area contributed by atoms with Gasteiger partial charge in [0.2, 0.25) is 0 Å². The lowest BCUT2D eigenvalue weighted by molar-refractivity contribution is 0.202. The van der Waals surface area contributed by atoms with Crippen molar-refractivity contribution >= 4 is 16.5 Å². The van der Waals surface area contributed by atoms with E-state index in [9.17, 15) is 4.79 Å². The van der Waals surface area contributed by atoms with Gasteiger partial charge >= 0.3 is 0 Å². The van der Waals surface area contributed by atoms with Gasteiger partial charge < -0.3 is 18.4 Å². The minimum atomic E-state index is 0.0829. The molecule has 1 aromatic carbocycles. The summed E-state index contributed by atoms with van der Waals surface area (Å²) in [5.74, 6) is 0.447. The zero-order valence-electron chi connectivity index (χ0n) is 16.0. The Balaban J connectivity index is 1.23. The van der Waals surface area contributed by atoms with E-state index in [-0.39, 0.29) is 5.56 Å². The number of hydrogen-bond acceptors (Lipinski definition) is 4. The van der Waals surface area contributed by atoms with E-state index in [4.69, 9.17) is 4.52 Å². The first kappa shape index (κ1) is 17.3. The van der Waals surface area contributed by atoms with Crippen LogP contribution >= 0.6 is 0 Å². The Morgan fingerprint density at radius 3 is 2.75 bits per heavy atom. The molecule has 0 spiro atoms. The average Bonchev–Trinajstić information content (AvgIpc) is 3.32. The van der Waals surface area contributed by atoms with Crippen LogP contribution in [0.2, 0.25) is 0 Å². The number of fused-ring (bicyclic) bond motifs is 2. The van der Waals surface area contributed by atoms with Gasteiger partial charge in [0.05, 0.1) is 5.69 Å². The molecule has 28 heavy (non-hydrogen) atoms. The summed E-state index contributed by atoms with van der Waals surface area (Å²) < 4.78 is 9.26. The number of nitrogens with zero attached hydrogens (tertiary/aromatic N) is 4. The Morgan fingerprint density at radius 2 is 1.89 bits per heavy atom. The summed E-state index contributed by atoms with van der Waals surface area (Å²) >= 11 is 0. The van der Waals surface area contributed by atoms with Crippen molar-refractivity contribution in [2.24, 2.45) is 0 Å². The van der Waals surface area contributed by atoms with Crippen LogP contribution in [0.4, 0.5) is 0 Å². The number of hydrogen-bond donors (Lipinski definition) is 0. The second-order valence-corrected chi connectivity index (χ2v) is 7.71. The molecule has 1 fully saturated rings. The van der Waals surface area contributed by atoms with Crippen LogP contribution in [0.15, 0.2) is 58.1 Å². The summed E-state index contributed by atoms with van der Waals surface area (Å²) in [5.41, 5.74) is 3.88. The summed E-state index contributed by atoms with van der Waals surface area (Å²) in [6.45, 7) is 5.67. The molecule has 1 aliphatic heterocycles. The van der Waals surface area contributed by atoms with Crippen LogP contribution in [0.1, 0.15) is 30.1 Å².